The largest absolute Gasteiger partial charge is 0.439 e. The van der Waals surface area contributed by atoms with Crippen LogP contribution in [-0.4, -0.2) is 41.5 Å². The Morgan fingerprint density at radius 1 is 1.24 bits per heavy atom. The van der Waals surface area contributed by atoms with Crippen molar-refractivity contribution in [3.63, 3.8) is 0 Å². The van der Waals surface area contributed by atoms with Gasteiger partial charge >= 0.3 is 0 Å². The number of rotatable bonds is 3. The zero-order valence-corrected chi connectivity index (χ0v) is 16.9. The molecular formula is C17H20BrCl2N3O2. The quantitative estimate of drug-likeness (QED) is 0.773. The molecule has 2 heterocycles. The predicted octanol–water partition coefficient (Wildman–Crippen LogP) is 3.91. The minimum Gasteiger partial charge on any atom is -0.439 e. The molecule has 1 atom stereocenters. The number of nitrogens with zero attached hydrogens (tertiary/aromatic N) is 2. The molecule has 136 valence electrons. The van der Waals surface area contributed by atoms with Crippen LogP contribution in [-0.2, 0) is 0 Å². The van der Waals surface area contributed by atoms with Crippen molar-refractivity contribution in [2.45, 2.75) is 13.0 Å². The minimum atomic E-state index is 0. The van der Waals surface area contributed by atoms with E-state index in [0.717, 1.165) is 24.1 Å². The van der Waals surface area contributed by atoms with Gasteiger partial charge in [0.15, 0.2) is 0 Å². The standard InChI is InChI=1S/C17H18BrN3O2.2ClH/c1-12-11-21(9-8-19-12)17(22)13-2-7-16(20-10-13)23-15-5-3-14(18)4-6-15;;/h2-7,10,12,19H,8-9,11H2,1H3;2*1H. The summed E-state index contributed by atoms with van der Waals surface area (Å²) < 4.78 is 6.65. The maximum atomic E-state index is 12.5. The van der Waals surface area contributed by atoms with E-state index in [2.05, 4.69) is 33.2 Å². The number of nitrogens with one attached hydrogen (secondary N) is 1. The molecule has 1 N–H and O–H groups in total. The highest BCUT2D eigenvalue weighted by atomic mass is 79.9. The van der Waals surface area contributed by atoms with Crippen LogP contribution >= 0.6 is 40.7 Å². The molecule has 1 fully saturated rings. The Bertz CT molecular complexity index is 683. The Labute approximate surface area is 168 Å². The lowest BCUT2D eigenvalue weighted by Gasteiger charge is -2.31. The van der Waals surface area contributed by atoms with Crippen molar-refractivity contribution >= 4 is 46.7 Å². The summed E-state index contributed by atoms with van der Waals surface area (Å²) in [7, 11) is 0. The van der Waals surface area contributed by atoms with E-state index < -0.39 is 0 Å². The lowest BCUT2D eigenvalue weighted by atomic mass is 10.2. The van der Waals surface area contributed by atoms with Crippen LogP contribution in [0, 0.1) is 0 Å². The van der Waals surface area contributed by atoms with Crippen molar-refractivity contribution < 1.29 is 9.53 Å². The molecule has 0 spiro atoms. The first-order chi connectivity index (χ1) is 11.1. The number of ether oxygens (including phenoxy) is 1. The third-order valence-electron chi connectivity index (χ3n) is 3.68. The highest BCUT2D eigenvalue weighted by Gasteiger charge is 2.21. The van der Waals surface area contributed by atoms with Gasteiger partial charge in [-0.15, -0.1) is 24.8 Å². The highest BCUT2D eigenvalue weighted by Crippen LogP contribution is 2.22. The van der Waals surface area contributed by atoms with Crippen molar-refractivity contribution in [1.29, 1.82) is 0 Å². The van der Waals surface area contributed by atoms with Gasteiger partial charge in [0.1, 0.15) is 5.75 Å². The van der Waals surface area contributed by atoms with E-state index in [1.54, 1.807) is 18.3 Å². The summed E-state index contributed by atoms with van der Waals surface area (Å²) >= 11 is 3.38. The summed E-state index contributed by atoms with van der Waals surface area (Å²) in [5.41, 5.74) is 0.585. The van der Waals surface area contributed by atoms with Gasteiger partial charge in [0.2, 0.25) is 5.88 Å². The first-order valence-electron chi connectivity index (χ1n) is 7.54. The van der Waals surface area contributed by atoms with Crippen LogP contribution in [0.15, 0.2) is 47.1 Å². The van der Waals surface area contributed by atoms with Gasteiger partial charge < -0.3 is 15.0 Å². The van der Waals surface area contributed by atoms with Gasteiger partial charge in [-0.05, 0) is 37.3 Å². The fraction of sp³-hybridized carbons (Fsp3) is 0.294. The molecule has 1 unspecified atom stereocenters. The minimum absolute atomic E-state index is 0. The Morgan fingerprint density at radius 2 is 1.96 bits per heavy atom. The first kappa shape index (κ1) is 21.7. The van der Waals surface area contributed by atoms with Gasteiger partial charge in [0.05, 0.1) is 5.56 Å². The van der Waals surface area contributed by atoms with E-state index in [1.165, 1.54) is 0 Å². The molecular weight excluding hydrogens is 429 g/mol. The number of aromatic nitrogens is 1. The van der Waals surface area contributed by atoms with Crippen molar-refractivity contribution in [3.05, 3.63) is 52.6 Å². The number of piperazine rings is 1. The number of carbonyl (C=O) groups excluding carboxylic acids is 1. The van der Waals surface area contributed by atoms with Crippen LogP contribution in [0.5, 0.6) is 11.6 Å². The van der Waals surface area contributed by atoms with Crippen LogP contribution in [0.2, 0.25) is 0 Å². The molecule has 1 saturated heterocycles. The Hall–Kier alpha value is -1.34. The predicted molar refractivity (Wildman–Crippen MR) is 106 cm³/mol. The molecule has 1 aliphatic rings. The van der Waals surface area contributed by atoms with Crippen molar-refractivity contribution in [3.8, 4) is 11.6 Å². The summed E-state index contributed by atoms with van der Waals surface area (Å²) in [4.78, 5) is 18.6. The molecule has 0 saturated carbocycles. The van der Waals surface area contributed by atoms with Gasteiger partial charge in [-0.2, -0.15) is 0 Å². The SMILES string of the molecule is CC1CN(C(=O)c2ccc(Oc3ccc(Br)cc3)nc2)CCN1.Cl.Cl. The average molecular weight is 449 g/mol. The maximum absolute atomic E-state index is 12.5. The molecule has 1 aromatic heterocycles. The maximum Gasteiger partial charge on any atom is 0.255 e. The molecule has 8 heteroatoms. The summed E-state index contributed by atoms with van der Waals surface area (Å²) in [6.45, 7) is 4.34. The molecule has 0 bridgehead atoms. The normalized spacial score (nSPS) is 16.4. The van der Waals surface area contributed by atoms with Gasteiger partial charge in [-0.25, -0.2) is 4.98 Å². The summed E-state index contributed by atoms with van der Waals surface area (Å²) in [6, 6.07) is 11.3. The molecule has 5 nitrogen and oxygen atoms in total. The lowest BCUT2D eigenvalue weighted by molar-refractivity contribution is 0.0708. The summed E-state index contributed by atoms with van der Waals surface area (Å²) in [6.07, 6.45) is 1.57. The number of hydrogen-bond donors (Lipinski definition) is 1. The van der Waals surface area contributed by atoms with Crippen LogP contribution < -0.4 is 10.1 Å². The van der Waals surface area contributed by atoms with E-state index in [-0.39, 0.29) is 30.7 Å². The number of pyridine rings is 1. The first-order valence-corrected chi connectivity index (χ1v) is 8.33. The topological polar surface area (TPSA) is 54.5 Å². The van der Waals surface area contributed by atoms with Crippen LogP contribution in [0.1, 0.15) is 17.3 Å². The van der Waals surface area contributed by atoms with Crippen molar-refractivity contribution in [1.82, 2.24) is 15.2 Å². The fourth-order valence-corrected chi connectivity index (χ4v) is 2.75. The van der Waals surface area contributed by atoms with Crippen LogP contribution in [0.4, 0.5) is 0 Å². The summed E-state index contributed by atoms with van der Waals surface area (Å²) in [5.74, 6) is 1.19. The van der Waals surface area contributed by atoms with Gasteiger partial charge in [0, 0.05) is 42.4 Å². The van der Waals surface area contributed by atoms with Crippen molar-refractivity contribution in [2.24, 2.45) is 0 Å². The van der Waals surface area contributed by atoms with E-state index in [4.69, 9.17) is 4.74 Å². The van der Waals surface area contributed by atoms with E-state index in [0.29, 0.717) is 23.2 Å². The Kier molecular flexibility index (Phi) is 8.65. The molecule has 1 aliphatic heterocycles. The molecule has 2 aromatic rings. The van der Waals surface area contributed by atoms with Gasteiger partial charge in [0.25, 0.3) is 5.91 Å². The molecule has 1 amide bonds. The lowest BCUT2D eigenvalue weighted by Crippen LogP contribution is -2.51. The van der Waals surface area contributed by atoms with E-state index in [1.807, 2.05) is 29.2 Å². The third-order valence-corrected chi connectivity index (χ3v) is 4.20. The second-order valence-electron chi connectivity index (χ2n) is 5.55. The number of amides is 1. The smallest absolute Gasteiger partial charge is 0.255 e. The van der Waals surface area contributed by atoms with Gasteiger partial charge in [-0.3, -0.25) is 4.79 Å². The third kappa shape index (κ3) is 5.85. The van der Waals surface area contributed by atoms with Crippen molar-refractivity contribution in [2.75, 3.05) is 19.6 Å². The number of hydrogen-bond acceptors (Lipinski definition) is 4. The molecule has 0 aliphatic carbocycles. The zero-order valence-electron chi connectivity index (χ0n) is 13.6. The summed E-state index contributed by atoms with van der Waals surface area (Å²) in [5, 5.41) is 3.33. The fourth-order valence-electron chi connectivity index (χ4n) is 2.49. The highest BCUT2D eigenvalue weighted by molar-refractivity contribution is 9.10. The second kappa shape index (κ2) is 9.97. The molecule has 3 rings (SSSR count). The van der Waals surface area contributed by atoms with E-state index in [9.17, 15) is 4.79 Å². The van der Waals surface area contributed by atoms with Gasteiger partial charge in [-0.1, -0.05) is 15.9 Å². The van der Waals surface area contributed by atoms with Crippen LogP contribution in [0.25, 0.3) is 0 Å². The zero-order chi connectivity index (χ0) is 16.2. The monoisotopic (exact) mass is 447 g/mol. The Morgan fingerprint density at radius 3 is 2.56 bits per heavy atom. The van der Waals surface area contributed by atoms with Crippen LogP contribution in [0.3, 0.4) is 0 Å². The Balaban J connectivity index is 0.00000156. The number of halogens is 3. The van der Waals surface area contributed by atoms with E-state index >= 15 is 0 Å². The molecule has 0 radical (unpaired) electrons. The number of carbonyl (C=O) groups is 1. The molecule has 25 heavy (non-hydrogen) atoms. The number of benzene rings is 1. The molecule has 1 aromatic carbocycles. The second-order valence-corrected chi connectivity index (χ2v) is 6.46. The average Bonchev–Trinajstić information content (AvgIpc) is 2.57.